The second-order valence-corrected chi connectivity index (χ2v) is 6.86. The maximum absolute atomic E-state index is 11.8. The van der Waals surface area contributed by atoms with Crippen LogP contribution in [0.5, 0.6) is 0 Å². The van der Waals surface area contributed by atoms with E-state index in [1.54, 1.807) is 0 Å². The van der Waals surface area contributed by atoms with Gasteiger partial charge < -0.3 is 5.32 Å². The molecule has 16 heavy (non-hydrogen) atoms. The maximum Gasteiger partial charge on any atom is 0.262 e. The Hall–Kier alpha value is -0.000000000000000111. The van der Waals surface area contributed by atoms with E-state index in [0.29, 0.717) is 5.92 Å². The van der Waals surface area contributed by atoms with Gasteiger partial charge in [0.15, 0.2) is 0 Å². The summed E-state index contributed by atoms with van der Waals surface area (Å²) in [6.45, 7) is 0.823. The topological polar surface area (TPSA) is 29.1 Å². The lowest BCUT2D eigenvalue weighted by atomic mass is 10.0. The summed E-state index contributed by atoms with van der Waals surface area (Å²) in [4.78, 5) is 12.6. The van der Waals surface area contributed by atoms with Crippen molar-refractivity contribution in [2.45, 2.75) is 12.8 Å². The molecule has 2 nitrogen and oxygen atoms in total. The molecule has 1 saturated heterocycles. The molecule has 0 saturated carbocycles. The van der Waals surface area contributed by atoms with Gasteiger partial charge in [0, 0.05) is 11.0 Å². The first-order valence-corrected chi connectivity index (χ1v) is 8.19. The molecule has 2 rings (SSSR count). The molecule has 1 aromatic heterocycles. The molecule has 0 aliphatic carbocycles. The quantitative estimate of drug-likeness (QED) is 0.925. The fourth-order valence-electron chi connectivity index (χ4n) is 1.72. The Kier molecular flexibility index (Phi) is 4.73. The van der Waals surface area contributed by atoms with Crippen LogP contribution < -0.4 is 5.32 Å². The third-order valence-electron chi connectivity index (χ3n) is 2.72. The van der Waals surface area contributed by atoms with E-state index in [9.17, 15) is 4.79 Å². The third-order valence-corrected chi connectivity index (χ3v) is 5.60. The van der Waals surface area contributed by atoms with Gasteiger partial charge in [0.25, 0.3) is 5.91 Å². The highest BCUT2D eigenvalue weighted by molar-refractivity contribution is 9.10. The maximum atomic E-state index is 11.8. The third kappa shape index (κ3) is 3.25. The first kappa shape index (κ1) is 12.5. The zero-order valence-electron chi connectivity index (χ0n) is 8.87. The van der Waals surface area contributed by atoms with Crippen LogP contribution in [0.15, 0.2) is 15.9 Å². The molecule has 1 fully saturated rings. The van der Waals surface area contributed by atoms with Crippen LogP contribution in [0.4, 0.5) is 0 Å². The van der Waals surface area contributed by atoms with Crippen molar-refractivity contribution in [3.8, 4) is 0 Å². The summed E-state index contributed by atoms with van der Waals surface area (Å²) in [6.07, 6.45) is 2.47. The predicted molar refractivity (Wildman–Crippen MR) is 74.4 cm³/mol. The molecule has 0 unspecified atom stereocenters. The zero-order chi connectivity index (χ0) is 11.4. The van der Waals surface area contributed by atoms with Gasteiger partial charge in [0.1, 0.15) is 4.88 Å². The fraction of sp³-hybridized carbons (Fsp3) is 0.545. The minimum atomic E-state index is 0.0556. The van der Waals surface area contributed by atoms with Crippen molar-refractivity contribution in [2.24, 2.45) is 5.92 Å². The molecule has 0 atom stereocenters. The summed E-state index contributed by atoms with van der Waals surface area (Å²) in [5.74, 6) is 3.20. The van der Waals surface area contributed by atoms with Crippen LogP contribution in [0.25, 0.3) is 0 Å². The highest BCUT2D eigenvalue weighted by Crippen LogP contribution is 2.24. The number of carbonyl (C=O) groups is 1. The number of hydrogen-bond acceptors (Lipinski definition) is 3. The van der Waals surface area contributed by atoms with Gasteiger partial charge >= 0.3 is 0 Å². The van der Waals surface area contributed by atoms with Crippen LogP contribution in [-0.2, 0) is 0 Å². The van der Waals surface area contributed by atoms with E-state index in [2.05, 4.69) is 21.2 Å². The summed E-state index contributed by atoms with van der Waals surface area (Å²) in [5.41, 5.74) is 0. The Morgan fingerprint density at radius 3 is 2.88 bits per heavy atom. The number of nitrogens with one attached hydrogen (secondary N) is 1. The standard InChI is InChI=1S/C11H14BrNOS2/c12-9-3-6-16-10(9)11(14)13-7-8-1-4-15-5-2-8/h3,6,8H,1-2,4-5,7H2,(H,13,14). The van der Waals surface area contributed by atoms with E-state index in [1.165, 1.54) is 35.7 Å². The molecule has 0 aromatic carbocycles. The summed E-state index contributed by atoms with van der Waals surface area (Å²) < 4.78 is 0.897. The Morgan fingerprint density at radius 1 is 1.50 bits per heavy atom. The normalized spacial score (nSPS) is 17.3. The number of rotatable bonds is 3. The summed E-state index contributed by atoms with van der Waals surface area (Å²) in [7, 11) is 0. The van der Waals surface area contributed by atoms with Crippen molar-refractivity contribution >= 4 is 44.9 Å². The number of thiophene rings is 1. The molecule has 1 aromatic rings. The van der Waals surface area contributed by atoms with Crippen LogP contribution >= 0.6 is 39.0 Å². The molecular formula is C11H14BrNOS2. The van der Waals surface area contributed by atoms with Crippen molar-refractivity contribution in [2.75, 3.05) is 18.1 Å². The summed E-state index contributed by atoms with van der Waals surface area (Å²) in [5, 5.41) is 4.95. The molecule has 1 aliphatic rings. The molecule has 1 aliphatic heterocycles. The van der Waals surface area contributed by atoms with Gasteiger partial charge in [-0.2, -0.15) is 11.8 Å². The molecular weight excluding hydrogens is 306 g/mol. The number of halogens is 1. The first-order valence-electron chi connectivity index (χ1n) is 5.36. The van der Waals surface area contributed by atoms with Crippen molar-refractivity contribution in [1.29, 1.82) is 0 Å². The van der Waals surface area contributed by atoms with Gasteiger partial charge in [-0.1, -0.05) is 0 Å². The predicted octanol–water partition coefficient (Wildman–Crippen LogP) is 3.38. The molecule has 1 amide bonds. The highest BCUT2D eigenvalue weighted by atomic mass is 79.9. The zero-order valence-corrected chi connectivity index (χ0v) is 12.1. The van der Waals surface area contributed by atoms with Crippen LogP contribution in [0.2, 0.25) is 0 Å². The van der Waals surface area contributed by atoms with Gasteiger partial charge in [-0.15, -0.1) is 11.3 Å². The largest absolute Gasteiger partial charge is 0.351 e. The van der Waals surface area contributed by atoms with Gasteiger partial charge in [0.05, 0.1) is 0 Å². The first-order chi connectivity index (χ1) is 7.77. The van der Waals surface area contributed by atoms with Crippen LogP contribution in [0.3, 0.4) is 0 Å². The van der Waals surface area contributed by atoms with Gasteiger partial charge in [-0.05, 0) is 57.6 Å². The van der Waals surface area contributed by atoms with Crippen LogP contribution in [-0.4, -0.2) is 24.0 Å². The SMILES string of the molecule is O=C(NCC1CCSCC1)c1sccc1Br. The second kappa shape index (κ2) is 6.07. The van der Waals surface area contributed by atoms with Crippen molar-refractivity contribution in [3.63, 3.8) is 0 Å². The number of carbonyl (C=O) groups excluding carboxylic acids is 1. The Bertz CT molecular complexity index is 361. The molecule has 5 heteroatoms. The number of amides is 1. The van der Waals surface area contributed by atoms with Gasteiger partial charge in [0.2, 0.25) is 0 Å². The lowest BCUT2D eigenvalue weighted by molar-refractivity contribution is 0.0950. The van der Waals surface area contributed by atoms with Gasteiger partial charge in [-0.3, -0.25) is 4.79 Å². The summed E-state index contributed by atoms with van der Waals surface area (Å²) in [6, 6.07) is 1.91. The van der Waals surface area contributed by atoms with E-state index in [4.69, 9.17) is 0 Å². The van der Waals surface area contributed by atoms with E-state index >= 15 is 0 Å². The average molecular weight is 320 g/mol. The Balaban J connectivity index is 1.81. The minimum Gasteiger partial charge on any atom is -0.351 e. The van der Waals surface area contributed by atoms with E-state index < -0.39 is 0 Å². The van der Waals surface area contributed by atoms with E-state index in [0.717, 1.165) is 15.9 Å². The summed E-state index contributed by atoms with van der Waals surface area (Å²) >= 11 is 6.88. The van der Waals surface area contributed by atoms with Crippen molar-refractivity contribution < 1.29 is 4.79 Å². The molecule has 1 N–H and O–H groups in total. The molecule has 0 radical (unpaired) electrons. The average Bonchev–Trinajstić information content (AvgIpc) is 2.74. The molecule has 0 bridgehead atoms. The lowest BCUT2D eigenvalue weighted by Gasteiger charge is -2.21. The van der Waals surface area contributed by atoms with Crippen LogP contribution in [0.1, 0.15) is 22.5 Å². The smallest absolute Gasteiger partial charge is 0.262 e. The fourth-order valence-corrected chi connectivity index (χ4v) is 4.40. The van der Waals surface area contributed by atoms with Crippen molar-refractivity contribution in [3.05, 3.63) is 20.8 Å². The Morgan fingerprint density at radius 2 is 2.25 bits per heavy atom. The minimum absolute atomic E-state index is 0.0556. The van der Waals surface area contributed by atoms with Crippen molar-refractivity contribution in [1.82, 2.24) is 5.32 Å². The second-order valence-electron chi connectivity index (χ2n) is 3.86. The van der Waals surface area contributed by atoms with E-state index in [1.807, 2.05) is 23.2 Å². The monoisotopic (exact) mass is 319 g/mol. The van der Waals surface area contributed by atoms with E-state index in [-0.39, 0.29) is 5.91 Å². The van der Waals surface area contributed by atoms with Gasteiger partial charge in [-0.25, -0.2) is 0 Å². The van der Waals surface area contributed by atoms with Crippen LogP contribution in [0, 0.1) is 5.92 Å². The number of thioether (sulfide) groups is 1. The molecule has 88 valence electrons. The Labute approximate surface area is 112 Å². The number of hydrogen-bond donors (Lipinski definition) is 1. The highest BCUT2D eigenvalue weighted by Gasteiger charge is 2.16. The molecule has 2 heterocycles. The molecule has 0 spiro atoms. The lowest BCUT2D eigenvalue weighted by Crippen LogP contribution is -2.30.